The van der Waals surface area contributed by atoms with Crippen LogP contribution < -0.4 is 0 Å². The van der Waals surface area contributed by atoms with Crippen LogP contribution in [0.3, 0.4) is 0 Å². The van der Waals surface area contributed by atoms with Gasteiger partial charge >= 0.3 is 0 Å². The van der Waals surface area contributed by atoms with Gasteiger partial charge in [-0.2, -0.15) is 0 Å². The number of carbonyl (C=O) groups is 1. The van der Waals surface area contributed by atoms with Crippen LogP contribution in [0.25, 0.3) is 0 Å². The van der Waals surface area contributed by atoms with Crippen LogP contribution in [-0.4, -0.2) is 29.3 Å². The second kappa shape index (κ2) is 6.88. The van der Waals surface area contributed by atoms with E-state index < -0.39 is 0 Å². The van der Waals surface area contributed by atoms with E-state index in [1.807, 2.05) is 0 Å². The van der Waals surface area contributed by atoms with Gasteiger partial charge < -0.3 is 0 Å². The summed E-state index contributed by atoms with van der Waals surface area (Å²) in [5, 5.41) is 0. The summed E-state index contributed by atoms with van der Waals surface area (Å²) in [6, 6.07) is 0. The molecule has 0 aliphatic heterocycles. The number of Topliss-reactive ketones (excluding diaryl/α,β-unsaturated/α-hetero) is 1. The van der Waals surface area contributed by atoms with Crippen molar-refractivity contribution in [3.8, 4) is 0 Å². The highest BCUT2D eigenvalue weighted by atomic mass is 16.1. The molecule has 0 spiro atoms. The highest BCUT2D eigenvalue weighted by Gasteiger charge is 2.41. The van der Waals surface area contributed by atoms with Crippen molar-refractivity contribution in [2.24, 2.45) is 17.8 Å². The van der Waals surface area contributed by atoms with E-state index in [2.05, 4.69) is 46.4 Å². The summed E-state index contributed by atoms with van der Waals surface area (Å²) in [5.74, 6) is 2.19. The molecule has 0 aromatic carbocycles. The van der Waals surface area contributed by atoms with Gasteiger partial charge in [-0.15, -0.1) is 0 Å². The topological polar surface area (TPSA) is 20.3 Å². The second-order valence-electron chi connectivity index (χ2n) is 6.78. The van der Waals surface area contributed by atoms with Crippen molar-refractivity contribution in [2.45, 2.75) is 72.8 Å². The molecule has 0 amide bonds. The van der Waals surface area contributed by atoms with Crippen molar-refractivity contribution < 1.29 is 4.79 Å². The fourth-order valence-corrected chi connectivity index (χ4v) is 4.08. The molecule has 0 radical (unpaired) electrons. The van der Waals surface area contributed by atoms with Crippen LogP contribution in [0, 0.1) is 17.8 Å². The predicted molar refractivity (Wildman–Crippen MR) is 82.3 cm³/mol. The fourth-order valence-electron chi connectivity index (χ4n) is 4.08. The van der Waals surface area contributed by atoms with Crippen molar-refractivity contribution >= 4 is 5.78 Å². The van der Waals surface area contributed by atoms with E-state index in [4.69, 9.17) is 0 Å². The van der Waals surface area contributed by atoms with Crippen molar-refractivity contribution in [1.29, 1.82) is 0 Å². The first-order chi connectivity index (χ1) is 8.88. The molecule has 1 aliphatic rings. The summed E-state index contributed by atoms with van der Waals surface area (Å²) in [7, 11) is 0. The summed E-state index contributed by atoms with van der Waals surface area (Å²) in [6.07, 6.45) is 4.41. The SMILES string of the molecule is CCN(CC)C(C)(CC)C(=O)C1CC(C)CC(C)C1. The largest absolute Gasteiger partial charge is 0.297 e. The Morgan fingerprint density at radius 3 is 1.89 bits per heavy atom. The smallest absolute Gasteiger partial charge is 0.155 e. The molecule has 0 aromatic rings. The molecular formula is C17H33NO. The van der Waals surface area contributed by atoms with Crippen molar-refractivity contribution in [1.82, 2.24) is 4.90 Å². The molecule has 1 rings (SSSR count). The van der Waals surface area contributed by atoms with E-state index >= 15 is 0 Å². The van der Waals surface area contributed by atoms with Crippen LogP contribution in [0.15, 0.2) is 0 Å². The Labute approximate surface area is 119 Å². The van der Waals surface area contributed by atoms with Crippen LogP contribution in [0.5, 0.6) is 0 Å². The van der Waals surface area contributed by atoms with Gasteiger partial charge in [0.15, 0.2) is 5.78 Å². The molecule has 19 heavy (non-hydrogen) atoms. The van der Waals surface area contributed by atoms with Gasteiger partial charge in [-0.1, -0.05) is 34.6 Å². The average Bonchev–Trinajstić information content (AvgIpc) is 2.37. The standard InChI is InChI=1S/C17H33NO/c1-7-17(6,18(8-2)9-3)16(19)15-11-13(4)10-14(5)12-15/h13-15H,7-12H2,1-6H3. The van der Waals surface area contributed by atoms with Crippen molar-refractivity contribution in [2.75, 3.05) is 13.1 Å². The molecule has 3 atom stereocenters. The van der Waals surface area contributed by atoms with Gasteiger partial charge in [0.05, 0.1) is 5.54 Å². The summed E-state index contributed by atoms with van der Waals surface area (Å²) >= 11 is 0. The molecule has 0 saturated heterocycles. The number of ketones is 1. The lowest BCUT2D eigenvalue weighted by Gasteiger charge is -2.42. The molecule has 0 bridgehead atoms. The molecule has 1 saturated carbocycles. The number of hydrogen-bond donors (Lipinski definition) is 0. The zero-order valence-corrected chi connectivity index (χ0v) is 13.8. The molecule has 3 unspecified atom stereocenters. The lowest BCUT2D eigenvalue weighted by Crippen LogP contribution is -2.54. The highest BCUT2D eigenvalue weighted by Crippen LogP contribution is 2.37. The third-order valence-corrected chi connectivity index (χ3v) is 5.23. The van der Waals surface area contributed by atoms with Crippen LogP contribution in [-0.2, 0) is 4.79 Å². The minimum Gasteiger partial charge on any atom is -0.297 e. The molecule has 0 heterocycles. The van der Waals surface area contributed by atoms with E-state index in [-0.39, 0.29) is 11.5 Å². The van der Waals surface area contributed by atoms with Crippen LogP contribution in [0.1, 0.15) is 67.2 Å². The van der Waals surface area contributed by atoms with Crippen LogP contribution in [0.2, 0.25) is 0 Å². The van der Waals surface area contributed by atoms with Gasteiger partial charge in [-0.05, 0) is 57.5 Å². The zero-order chi connectivity index (χ0) is 14.6. The van der Waals surface area contributed by atoms with Crippen molar-refractivity contribution in [3.05, 3.63) is 0 Å². The third kappa shape index (κ3) is 3.59. The lowest BCUT2D eigenvalue weighted by molar-refractivity contribution is -0.136. The quantitative estimate of drug-likeness (QED) is 0.721. The summed E-state index contributed by atoms with van der Waals surface area (Å²) in [5.41, 5.74) is -0.259. The summed E-state index contributed by atoms with van der Waals surface area (Å²) in [6.45, 7) is 15.2. The maximum Gasteiger partial charge on any atom is 0.155 e. The average molecular weight is 267 g/mol. The molecule has 2 nitrogen and oxygen atoms in total. The number of rotatable bonds is 6. The number of likely N-dealkylation sites (N-methyl/N-ethyl adjacent to an activating group) is 1. The Bertz CT molecular complexity index is 288. The normalized spacial score (nSPS) is 31.2. The molecule has 112 valence electrons. The Kier molecular flexibility index (Phi) is 6.04. The van der Waals surface area contributed by atoms with Gasteiger partial charge in [-0.3, -0.25) is 9.69 Å². The minimum atomic E-state index is -0.259. The van der Waals surface area contributed by atoms with Gasteiger partial charge in [-0.25, -0.2) is 0 Å². The molecule has 2 heteroatoms. The van der Waals surface area contributed by atoms with E-state index in [1.165, 1.54) is 6.42 Å². The van der Waals surface area contributed by atoms with E-state index in [1.54, 1.807) is 0 Å². The monoisotopic (exact) mass is 267 g/mol. The van der Waals surface area contributed by atoms with Gasteiger partial charge in [0, 0.05) is 5.92 Å². The molecule has 0 N–H and O–H groups in total. The van der Waals surface area contributed by atoms with E-state index in [0.29, 0.717) is 17.6 Å². The van der Waals surface area contributed by atoms with Crippen LogP contribution in [0.4, 0.5) is 0 Å². The summed E-state index contributed by atoms with van der Waals surface area (Å²) in [4.78, 5) is 15.4. The van der Waals surface area contributed by atoms with Gasteiger partial charge in [0.2, 0.25) is 0 Å². The molecule has 1 aliphatic carbocycles. The van der Waals surface area contributed by atoms with Gasteiger partial charge in [0.25, 0.3) is 0 Å². The first-order valence-corrected chi connectivity index (χ1v) is 8.18. The summed E-state index contributed by atoms with van der Waals surface area (Å²) < 4.78 is 0. The Morgan fingerprint density at radius 1 is 1.05 bits per heavy atom. The predicted octanol–water partition coefficient (Wildman–Crippen LogP) is 4.14. The lowest BCUT2D eigenvalue weighted by atomic mass is 9.70. The number of nitrogens with zero attached hydrogens (tertiary/aromatic N) is 1. The fraction of sp³-hybridized carbons (Fsp3) is 0.941. The van der Waals surface area contributed by atoms with E-state index in [9.17, 15) is 4.79 Å². The number of hydrogen-bond acceptors (Lipinski definition) is 2. The molecular weight excluding hydrogens is 234 g/mol. The first kappa shape index (κ1) is 16.7. The van der Waals surface area contributed by atoms with Crippen molar-refractivity contribution in [3.63, 3.8) is 0 Å². The maximum atomic E-state index is 13.1. The zero-order valence-electron chi connectivity index (χ0n) is 13.8. The minimum absolute atomic E-state index is 0.259. The number of carbonyl (C=O) groups excluding carboxylic acids is 1. The highest BCUT2D eigenvalue weighted by molar-refractivity contribution is 5.90. The first-order valence-electron chi connectivity index (χ1n) is 8.18. The van der Waals surface area contributed by atoms with Crippen LogP contribution >= 0.6 is 0 Å². The maximum absolute atomic E-state index is 13.1. The molecule has 0 aromatic heterocycles. The second-order valence-corrected chi connectivity index (χ2v) is 6.78. The Hall–Kier alpha value is -0.370. The molecule has 1 fully saturated rings. The third-order valence-electron chi connectivity index (χ3n) is 5.23. The Balaban J connectivity index is 2.88. The van der Waals surface area contributed by atoms with E-state index in [0.717, 1.165) is 32.4 Å². The van der Waals surface area contributed by atoms with Gasteiger partial charge in [0.1, 0.15) is 0 Å². The Morgan fingerprint density at radius 2 is 1.53 bits per heavy atom.